The molecule has 4 saturated heterocycles. The number of esters is 3. The summed E-state index contributed by atoms with van der Waals surface area (Å²) in [5.41, 5.74) is 19.3. The van der Waals surface area contributed by atoms with Gasteiger partial charge in [0.15, 0.2) is 25.0 Å². The van der Waals surface area contributed by atoms with E-state index in [9.17, 15) is 25.4 Å². The predicted molar refractivity (Wildman–Crippen MR) is 210 cm³/mol. The number of unbranched alkanes of at least 4 members (excludes halogenated alkanes) is 4. The van der Waals surface area contributed by atoms with E-state index in [0.29, 0.717) is 32.3 Å². The van der Waals surface area contributed by atoms with Crippen molar-refractivity contribution in [1.82, 2.24) is 0 Å². The fourth-order valence-electron chi connectivity index (χ4n) is 7.44. The summed E-state index contributed by atoms with van der Waals surface area (Å²) in [6, 6.07) is -2.32. The number of carbonyl (C=O) groups is 3. The summed E-state index contributed by atoms with van der Waals surface area (Å²) < 4.78 is 80.2. The number of hydrogen-bond donors (Lipinski definition) is 0. The highest BCUT2D eigenvalue weighted by atomic mass is 16.8. The molecule has 0 amide bonds. The zero-order chi connectivity index (χ0) is 44.3. The first-order valence-corrected chi connectivity index (χ1v) is 21.4. The van der Waals surface area contributed by atoms with Crippen molar-refractivity contribution in [1.29, 1.82) is 0 Å². The molecule has 22 nitrogen and oxygen atoms in total. The zero-order valence-corrected chi connectivity index (χ0v) is 36.3. The molecule has 0 saturated carbocycles. The van der Waals surface area contributed by atoms with Crippen molar-refractivity contribution in [2.24, 2.45) is 10.2 Å². The highest BCUT2D eigenvalue weighted by Gasteiger charge is 2.59. The third-order valence-electron chi connectivity index (χ3n) is 10.5. The summed E-state index contributed by atoms with van der Waals surface area (Å²) in [6.07, 6.45) is -9.27. The minimum atomic E-state index is -1.59. The van der Waals surface area contributed by atoms with Gasteiger partial charge >= 0.3 is 17.9 Å². The monoisotopic (exact) mass is 872 g/mol. The summed E-state index contributed by atoms with van der Waals surface area (Å²) in [5.74, 6) is -2.12. The van der Waals surface area contributed by atoms with Gasteiger partial charge in [-0.05, 0) is 36.7 Å². The Kier molecular flexibility index (Phi) is 21.7. The normalized spacial score (nSPS) is 34.4. The maximum absolute atomic E-state index is 13.9. The van der Waals surface area contributed by atoms with Gasteiger partial charge in [0.2, 0.25) is 0 Å². The molecule has 0 aromatic rings. The lowest BCUT2D eigenvalue weighted by Gasteiger charge is -2.50. The highest BCUT2D eigenvalue weighted by Crippen LogP contribution is 2.39. The Labute approximate surface area is 356 Å². The van der Waals surface area contributed by atoms with Crippen molar-refractivity contribution >= 4 is 17.9 Å². The van der Waals surface area contributed by atoms with Crippen molar-refractivity contribution < 1.29 is 76.0 Å². The van der Waals surface area contributed by atoms with Gasteiger partial charge in [0.05, 0.1) is 19.8 Å². The molecule has 4 aliphatic heterocycles. The van der Waals surface area contributed by atoms with E-state index in [4.69, 9.17) is 61.6 Å². The van der Waals surface area contributed by atoms with Crippen LogP contribution >= 0.6 is 0 Å². The maximum Gasteiger partial charge on any atom is 0.337 e. The van der Waals surface area contributed by atoms with Crippen LogP contribution in [-0.4, -0.2) is 157 Å². The van der Waals surface area contributed by atoms with E-state index in [1.165, 1.54) is 21.0 Å². The Morgan fingerprint density at radius 2 is 1.20 bits per heavy atom. The van der Waals surface area contributed by atoms with Gasteiger partial charge in [-0.1, -0.05) is 63.6 Å². The van der Waals surface area contributed by atoms with Crippen LogP contribution in [0.1, 0.15) is 92.9 Å². The first-order valence-electron chi connectivity index (χ1n) is 21.4. The summed E-state index contributed by atoms with van der Waals surface area (Å²) in [6.45, 7) is 11.2. The predicted octanol–water partition coefficient (Wildman–Crippen LogP) is 4.73. The Morgan fingerprint density at radius 1 is 0.639 bits per heavy atom. The van der Waals surface area contributed by atoms with Crippen molar-refractivity contribution in [3.63, 3.8) is 0 Å². The molecule has 61 heavy (non-hydrogen) atoms. The molecule has 2 bridgehead atoms. The number of ether oxygens (including phenoxy) is 13. The van der Waals surface area contributed by atoms with Crippen molar-refractivity contribution in [3.05, 3.63) is 20.9 Å². The standard InChI is InChI=1S/C39H64N6O16/c1-8-12-16-50-28-24(20-54-22(5)46)58-38(26(42-44-40)30(28)51-17-13-9-2)60-33-32(52-18-14-10-3)35(53-19-15-11-4)39(61-34(33)36(48)49-7)59-29-25-21-55-37(57-25)27(43-45-41)31(29)56-23(6)47/h24-35,37-39H,8-21H2,1-7H3/t24?,25-,26?,27-,28+,29?,30+,31-,32?,33-,34?,35-,37?,38+,39+/m0/s1. The van der Waals surface area contributed by atoms with E-state index in [0.717, 1.165) is 25.7 Å². The molecule has 0 radical (unpaired) electrons. The van der Waals surface area contributed by atoms with E-state index in [1.54, 1.807) is 0 Å². The van der Waals surface area contributed by atoms with E-state index in [-0.39, 0.29) is 33.0 Å². The molecule has 15 atom stereocenters. The van der Waals surface area contributed by atoms with Crippen LogP contribution < -0.4 is 0 Å². The van der Waals surface area contributed by atoms with Gasteiger partial charge in [0.25, 0.3) is 0 Å². The van der Waals surface area contributed by atoms with Crippen molar-refractivity contribution in [2.75, 3.05) is 46.8 Å². The van der Waals surface area contributed by atoms with Crippen LogP contribution in [0.2, 0.25) is 0 Å². The number of rotatable bonds is 26. The fraction of sp³-hybridized carbons (Fsp3) is 0.923. The molecule has 4 aliphatic rings. The second-order valence-corrected chi connectivity index (χ2v) is 15.1. The third kappa shape index (κ3) is 13.8. The second kappa shape index (κ2) is 26.3. The van der Waals surface area contributed by atoms with Crippen LogP contribution in [0.3, 0.4) is 0 Å². The van der Waals surface area contributed by atoms with Crippen LogP contribution in [0.25, 0.3) is 20.9 Å². The largest absolute Gasteiger partial charge is 0.467 e. The number of nitrogens with zero attached hydrogens (tertiary/aromatic N) is 6. The maximum atomic E-state index is 13.9. The van der Waals surface area contributed by atoms with E-state index < -0.39 is 110 Å². The number of fused-ring (bicyclic) bond motifs is 2. The minimum Gasteiger partial charge on any atom is -0.467 e. The molecule has 22 heteroatoms. The van der Waals surface area contributed by atoms with Gasteiger partial charge in [-0.25, -0.2) is 4.79 Å². The van der Waals surface area contributed by atoms with Crippen LogP contribution in [-0.2, 0) is 76.0 Å². The van der Waals surface area contributed by atoms with E-state index in [1.807, 2.05) is 27.7 Å². The fourth-order valence-corrected chi connectivity index (χ4v) is 7.44. The summed E-state index contributed by atoms with van der Waals surface area (Å²) in [4.78, 5) is 44.4. The summed E-state index contributed by atoms with van der Waals surface area (Å²) in [5, 5.41) is 7.91. The zero-order valence-electron chi connectivity index (χ0n) is 36.3. The molecule has 0 spiro atoms. The van der Waals surface area contributed by atoms with Crippen LogP contribution in [0, 0.1) is 0 Å². The second-order valence-electron chi connectivity index (χ2n) is 15.1. The number of hydrogen-bond acceptors (Lipinski definition) is 18. The molecule has 6 unspecified atom stereocenters. The molecule has 0 aromatic heterocycles. The van der Waals surface area contributed by atoms with Crippen LogP contribution in [0.15, 0.2) is 10.2 Å². The third-order valence-corrected chi connectivity index (χ3v) is 10.5. The average molecular weight is 873 g/mol. The Morgan fingerprint density at radius 3 is 1.75 bits per heavy atom. The molecule has 4 heterocycles. The van der Waals surface area contributed by atoms with Crippen molar-refractivity contribution in [2.45, 2.75) is 185 Å². The van der Waals surface area contributed by atoms with Crippen molar-refractivity contribution in [3.8, 4) is 0 Å². The molecular weight excluding hydrogens is 808 g/mol. The van der Waals surface area contributed by atoms with Gasteiger partial charge < -0.3 is 61.6 Å². The van der Waals surface area contributed by atoms with Gasteiger partial charge in [-0.3, -0.25) is 9.59 Å². The lowest BCUT2D eigenvalue weighted by atomic mass is 9.94. The first-order chi connectivity index (χ1) is 29.6. The Bertz CT molecular complexity index is 1470. The van der Waals surface area contributed by atoms with Gasteiger partial charge in [0, 0.05) is 50.1 Å². The van der Waals surface area contributed by atoms with Gasteiger partial charge in [0.1, 0.15) is 67.5 Å². The molecule has 346 valence electrons. The molecular formula is C39H64N6O16. The first kappa shape index (κ1) is 50.3. The van der Waals surface area contributed by atoms with E-state index in [2.05, 4.69) is 20.1 Å². The smallest absolute Gasteiger partial charge is 0.337 e. The summed E-state index contributed by atoms with van der Waals surface area (Å²) in [7, 11) is 1.17. The molecule has 0 aliphatic carbocycles. The number of azide groups is 2. The van der Waals surface area contributed by atoms with Gasteiger partial charge in [-0.2, -0.15) is 0 Å². The number of carbonyl (C=O) groups excluding carboxylic acids is 3. The Hall–Kier alpha value is -3.37. The molecule has 4 rings (SSSR count). The molecule has 0 aromatic carbocycles. The lowest BCUT2D eigenvalue weighted by molar-refractivity contribution is -0.363. The molecule has 4 fully saturated rings. The SMILES string of the molecule is CCCCOC1[C@H](O[C@H]2OC(COC(C)=O)[C@@H](OCCCC)[C@H](OCCCC)C2N=[N+]=[N-])C(C(=O)OC)O[C@@H](OC2[C@@H]3COC(O3)[C@@H](N=[N+]=[N-])[C@@H]2OC(C)=O)[C@H]1OCCCC. The Balaban J connectivity index is 1.81. The van der Waals surface area contributed by atoms with Crippen LogP contribution in [0.5, 0.6) is 0 Å². The topological polar surface area (TPSA) is 269 Å². The lowest BCUT2D eigenvalue weighted by Crippen LogP contribution is -2.67. The van der Waals surface area contributed by atoms with Gasteiger partial charge in [-0.15, -0.1) is 0 Å². The molecule has 0 N–H and O–H groups in total. The van der Waals surface area contributed by atoms with E-state index >= 15 is 0 Å². The minimum absolute atomic E-state index is 0.000192. The number of methoxy groups -OCH3 is 1. The van der Waals surface area contributed by atoms with Crippen LogP contribution in [0.4, 0.5) is 0 Å². The average Bonchev–Trinajstić information content (AvgIpc) is 3.68. The quantitative estimate of drug-likeness (QED) is 0.0284. The summed E-state index contributed by atoms with van der Waals surface area (Å²) >= 11 is 0. The highest BCUT2D eigenvalue weighted by molar-refractivity contribution is 5.75.